The minimum Gasteiger partial charge on any atom is -0.447 e. The summed E-state index contributed by atoms with van der Waals surface area (Å²) in [6, 6.07) is 2.80. The van der Waals surface area contributed by atoms with Gasteiger partial charge in [0.2, 0.25) is 5.91 Å². The molecule has 1 fully saturated rings. The van der Waals surface area contributed by atoms with E-state index in [1.807, 2.05) is 20.8 Å². The van der Waals surface area contributed by atoms with Gasteiger partial charge in [-0.2, -0.15) is 13.2 Å². The Morgan fingerprint density at radius 3 is 2.24 bits per heavy atom. The number of hydrogen-bond donors (Lipinski definition) is 1. The van der Waals surface area contributed by atoms with Crippen molar-refractivity contribution in [2.24, 2.45) is 11.1 Å². The van der Waals surface area contributed by atoms with Crippen molar-refractivity contribution in [3.05, 3.63) is 29.8 Å². The van der Waals surface area contributed by atoms with Crippen LogP contribution in [0.5, 0.6) is 0 Å². The van der Waals surface area contributed by atoms with Gasteiger partial charge in [0, 0.05) is 5.69 Å². The Morgan fingerprint density at radius 2 is 1.76 bits per heavy atom. The summed E-state index contributed by atoms with van der Waals surface area (Å²) in [7, 11) is 0. The Hall–Kier alpha value is -2.29. The van der Waals surface area contributed by atoms with Crippen LogP contribution in [0.25, 0.3) is 0 Å². The van der Waals surface area contributed by atoms with Crippen LogP contribution in [-0.2, 0) is 25.3 Å². The van der Waals surface area contributed by atoms with Gasteiger partial charge in [0.25, 0.3) is 5.91 Å². The Morgan fingerprint density at radius 1 is 1.15 bits per heavy atom. The minimum absolute atomic E-state index is 0.0551. The van der Waals surface area contributed by atoms with E-state index in [-0.39, 0.29) is 24.9 Å². The predicted molar refractivity (Wildman–Crippen MR) is 119 cm³/mol. The molecule has 2 rings (SSSR count). The summed E-state index contributed by atoms with van der Waals surface area (Å²) in [5, 5.41) is 0. The van der Waals surface area contributed by atoms with Crippen molar-refractivity contribution in [2.45, 2.75) is 77.1 Å². The number of hydrogen-bond acceptors (Lipinski definition) is 4. The maximum Gasteiger partial charge on any atom is 0.416 e. The van der Waals surface area contributed by atoms with E-state index in [1.165, 1.54) is 6.07 Å². The fourth-order valence-electron chi connectivity index (χ4n) is 4.04. The average Bonchev–Trinajstić information content (AvgIpc) is 2.72. The largest absolute Gasteiger partial charge is 0.447 e. The third-order valence-electron chi connectivity index (χ3n) is 5.63. The molecule has 1 aliphatic rings. The standard InChI is InChI=1S/C23H30ClF3N2O4/c1-21(2,3)13-17(19(31)33-22(20(28)32)10-5-4-6-11-22)29(18(30)14-24)16-9-7-8-15(12-16)23(25,26)27/h7-9,12,17H,4-6,10-11,13-14H2,1-3H3,(H2,28,32). The van der Waals surface area contributed by atoms with Gasteiger partial charge in [-0.1, -0.05) is 33.3 Å². The number of primary amides is 1. The number of carbonyl (C=O) groups is 3. The number of rotatable bonds is 7. The van der Waals surface area contributed by atoms with E-state index in [4.69, 9.17) is 22.1 Å². The van der Waals surface area contributed by atoms with Gasteiger partial charge in [-0.05, 0) is 55.7 Å². The van der Waals surface area contributed by atoms with E-state index in [0.29, 0.717) is 12.8 Å². The van der Waals surface area contributed by atoms with Gasteiger partial charge in [-0.15, -0.1) is 11.6 Å². The van der Waals surface area contributed by atoms with Crippen molar-refractivity contribution in [2.75, 3.05) is 10.8 Å². The predicted octanol–water partition coefficient (Wildman–Crippen LogP) is 4.81. The maximum absolute atomic E-state index is 13.4. The molecule has 6 nitrogen and oxygen atoms in total. The zero-order chi connectivity index (χ0) is 25.0. The summed E-state index contributed by atoms with van der Waals surface area (Å²) < 4.78 is 45.6. The summed E-state index contributed by atoms with van der Waals surface area (Å²) in [6.07, 6.45) is -1.95. The third-order valence-corrected chi connectivity index (χ3v) is 5.86. The van der Waals surface area contributed by atoms with Crippen molar-refractivity contribution >= 4 is 35.1 Å². The molecular weight excluding hydrogens is 461 g/mol. The van der Waals surface area contributed by atoms with Gasteiger partial charge in [0.15, 0.2) is 5.60 Å². The van der Waals surface area contributed by atoms with Crippen molar-refractivity contribution in [3.63, 3.8) is 0 Å². The van der Waals surface area contributed by atoms with Crippen LogP contribution in [0.2, 0.25) is 0 Å². The second-order valence-corrected chi connectivity index (χ2v) is 9.83. The SMILES string of the molecule is CC(C)(C)CC(C(=O)OC1(C(N)=O)CCCCC1)N(C(=O)CCl)c1cccc(C(F)(F)F)c1. The van der Waals surface area contributed by atoms with Crippen molar-refractivity contribution in [1.29, 1.82) is 0 Å². The summed E-state index contributed by atoms with van der Waals surface area (Å²) >= 11 is 5.78. The molecule has 0 bridgehead atoms. The Balaban J connectivity index is 2.54. The summed E-state index contributed by atoms with van der Waals surface area (Å²) in [5.74, 6) is -3.01. The zero-order valence-corrected chi connectivity index (χ0v) is 19.8. The number of halogens is 4. The number of alkyl halides is 4. The normalized spacial score (nSPS) is 17.2. The molecule has 0 heterocycles. The molecule has 1 aromatic rings. The van der Waals surface area contributed by atoms with E-state index in [2.05, 4.69) is 0 Å². The molecule has 33 heavy (non-hydrogen) atoms. The number of nitrogens with zero attached hydrogens (tertiary/aromatic N) is 1. The molecule has 0 aromatic heterocycles. The topological polar surface area (TPSA) is 89.7 Å². The highest BCUT2D eigenvalue weighted by Crippen LogP contribution is 2.36. The van der Waals surface area contributed by atoms with Crippen LogP contribution in [0.4, 0.5) is 18.9 Å². The second-order valence-electron chi connectivity index (χ2n) is 9.57. The number of amides is 2. The van der Waals surface area contributed by atoms with Crippen LogP contribution in [0, 0.1) is 5.41 Å². The van der Waals surface area contributed by atoms with E-state index in [0.717, 1.165) is 29.5 Å². The van der Waals surface area contributed by atoms with Crippen molar-refractivity contribution in [3.8, 4) is 0 Å². The highest BCUT2D eigenvalue weighted by molar-refractivity contribution is 6.29. The zero-order valence-electron chi connectivity index (χ0n) is 19.0. The molecule has 10 heteroatoms. The number of anilines is 1. The van der Waals surface area contributed by atoms with Gasteiger partial charge in [-0.25, -0.2) is 4.79 Å². The molecule has 1 aliphatic carbocycles. The first kappa shape index (κ1) is 27.0. The second kappa shape index (κ2) is 10.3. The highest BCUT2D eigenvalue weighted by Gasteiger charge is 2.45. The lowest BCUT2D eigenvalue weighted by Crippen LogP contribution is -2.54. The molecule has 2 amide bonds. The molecule has 0 radical (unpaired) electrons. The first-order valence-corrected chi connectivity index (χ1v) is 11.3. The van der Waals surface area contributed by atoms with Gasteiger partial charge < -0.3 is 10.5 Å². The lowest BCUT2D eigenvalue weighted by molar-refractivity contribution is -0.173. The summed E-state index contributed by atoms with van der Waals surface area (Å²) in [4.78, 5) is 39.4. The first-order chi connectivity index (χ1) is 15.2. The lowest BCUT2D eigenvalue weighted by Gasteiger charge is -2.39. The molecule has 1 unspecified atom stereocenters. The van der Waals surface area contributed by atoms with Crippen LogP contribution < -0.4 is 10.6 Å². The number of benzene rings is 1. The number of esters is 1. The smallest absolute Gasteiger partial charge is 0.416 e. The molecule has 0 saturated heterocycles. The van der Waals surface area contributed by atoms with Crippen LogP contribution in [0.15, 0.2) is 24.3 Å². The van der Waals surface area contributed by atoms with Crippen LogP contribution in [0.3, 0.4) is 0 Å². The van der Waals surface area contributed by atoms with Gasteiger partial charge in [-0.3, -0.25) is 14.5 Å². The van der Waals surface area contributed by atoms with Crippen LogP contribution in [0.1, 0.15) is 64.9 Å². The number of nitrogens with two attached hydrogens (primary N) is 1. The lowest BCUT2D eigenvalue weighted by atomic mass is 9.83. The van der Waals surface area contributed by atoms with E-state index < -0.39 is 52.5 Å². The van der Waals surface area contributed by atoms with Crippen molar-refractivity contribution < 1.29 is 32.3 Å². The molecule has 1 atom stereocenters. The number of ether oxygens (including phenoxy) is 1. The van der Waals surface area contributed by atoms with Gasteiger partial charge in [0.05, 0.1) is 5.56 Å². The molecule has 1 saturated carbocycles. The quantitative estimate of drug-likeness (QED) is 0.438. The monoisotopic (exact) mass is 490 g/mol. The Bertz CT molecular complexity index is 877. The third kappa shape index (κ3) is 6.85. The molecule has 1 aromatic carbocycles. The van der Waals surface area contributed by atoms with E-state index in [9.17, 15) is 27.6 Å². The summed E-state index contributed by atoms with van der Waals surface area (Å²) in [5.41, 5.74) is 2.43. The van der Waals surface area contributed by atoms with E-state index in [1.54, 1.807) is 0 Å². The van der Waals surface area contributed by atoms with Crippen LogP contribution in [-0.4, -0.2) is 35.3 Å². The van der Waals surface area contributed by atoms with Gasteiger partial charge in [0.1, 0.15) is 11.9 Å². The molecule has 2 N–H and O–H groups in total. The molecule has 0 spiro atoms. The minimum atomic E-state index is -4.65. The Kier molecular flexibility index (Phi) is 8.43. The van der Waals surface area contributed by atoms with Gasteiger partial charge >= 0.3 is 12.1 Å². The first-order valence-electron chi connectivity index (χ1n) is 10.8. The Labute approximate surface area is 196 Å². The van der Waals surface area contributed by atoms with Crippen LogP contribution >= 0.6 is 11.6 Å². The molecular formula is C23H30ClF3N2O4. The van der Waals surface area contributed by atoms with Crippen molar-refractivity contribution in [1.82, 2.24) is 0 Å². The number of carbonyl (C=O) groups excluding carboxylic acids is 3. The fraction of sp³-hybridized carbons (Fsp3) is 0.609. The van der Waals surface area contributed by atoms with E-state index >= 15 is 0 Å². The highest BCUT2D eigenvalue weighted by atomic mass is 35.5. The molecule has 0 aliphatic heterocycles. The average molecular weight is 491 g/mol. The maximum atomic E-state index is 13.4. The fourth-order valence-corrected chi connectivity index (χ4v) is 4.17. The molecule has 184 valence electrons. The summed E-state index contributed by atoms with van der Waals surface area (Å²) in [6.45, 7) is 5.44.